The van der Waals surface area contributed by atoms with Crippen LogP contribution in [-0.2, 0) is 0 Å². The third kappa shape index (κ3) is 6.49. The number of ether oxygens (including phenoxy) is 1. The summed E-state index contributed by atoms with van der Waals surface area (Å²) in [6.07, 6.45) is 7.32. The molecule has 0 amide bonds. The molecule has 5 nitrogen and oxygen atoms in total. The van der Waals surface area contributed by atoms with Crippen molar-refractivity contribution in [3.05, 3.63) is 212 Å². The molecule has 1 atom stereocenters. The Balaban J connectivity index is 0.924. The largest absolute Gasteiger partial charge is 0.458 e. The molecule has 9 aromatic rings. The number of fused-ring (bicyclic) bond motifs is 5. The zero-order valence-electron chi connectivity index (χ0n) is 32.0. The molecule has 0 radical (unpaired) electrons. The van der Waals surface area contributed by atoms with E-state index >= 15 is 0 Å². The summed E-state index contributed by atoms with van der Waals surface area (Å²) in [5.41, 5.74) is 13.7. The fourth-order valence-electron chi connectivity index (χ4n) is 8.25. The van der Waals surface area contributed by atoms with Crippen molar-refractivity contribution in [3.63, 3.8) is 0 Å². The molecule has 1 unspecified atom stereocenters. The maximum atomic E-state index is 6.62. The van der Waals surface area contributed by atoms with Crippen LogP contribution in [0.2, 0.25) is 0 Å². The quantitative estimate of drug-likeness (QED) is 0.162. The van der Waals surface area contributed by atoms with E-state index in [2.05, 4.69) is 158 Å². The van der Waals surface area contributed by atoms with Gasteiger partial charge in [0.1, 0.15) is 11.5 Å². The van der Waals surface area contributed by atoms with Gasteiger partial charge in [-0.2, -0.15) is 0 Å². The first-order valence-corrected chi connectivity index (χ1v) is 20.0. The minimum Gasteiger partial charge on any atom is -0.458 e. The van der Waals surface area contributed by atoms with E-state index in [0.29, 0.717) is 17.5 Å². The molecule has 5 heteroatoms. The monoisotopic (exact) mass is 756 g/mol. The Labute approximate surface area is 342 Å². The van der Waals surface area contributed by atoms with Crippen LogP contribution >= 0.6 is 0 Å². The van der Waals surface area contributed by atoms with Gasteiger partial charge >= 0.3 is 0 Å². The SMILES string of the molecule is C1=CCC2C(=C1)Oc1c(-c3ccc(-c4ccc(-c5nc(-c6ccccc6)nc(-c6ccc(-c7ccccc7)cc6)n5)cc4)cc3)nc3cc(-c4ccccc4)ccc3c12. The van der Waals surface area contributed by atoms with E-state index in [9.17, 15) is 0 Å². The Morgan fingerprint density at radius 1 is 0.407 bits per heavy atom. The van der Waals surface area contributed by atoms with Crippen molar-refractivity contribution in [1.82, 2.24) is 19.9 Å². The highest BCUT2D eigenvalue weighted by molar-refractivity contribution is 5.94. The van der Waals surface area contributed by atoms with Crippen LogP contribution in [-0.4, -0.2) is 19.9 Å². The van der Waals surface area contributed by atoms with Gasteiger partial charge in [0.05, 0.1) is 11.4 Å². The van der Waals surface area contributed by atoms with Gasteiger partial charge in [-0.15, -0.1) is 0 Å². The molecule has 1 aliphatic heterocycles. The second kappa shape index (κ2) is 14.6. The number of rotatable bonds is 7. The topological polar surface area (TPSA) is 60.8 Å². The van der Waals surface area contributed by atoms with Crippen LogP contribution in [0.4, 0.5) is 0 Å². The highest BCUT2D eigenvalue weighted by atomic mass is 16.5. The van der Waals surface area contributed by atoms with Crippen molar-refractivity contribution >= 4 is 10.9 Å². The Hall–Kier alpha value is -7.76. The first-order valence-electron chi connectivity index (χ1n) is 20.0. The van der Waals surface area contributed by atoms with Gasteiger partial charge in [0, 0.05) is 33.2 Å². The van der Waals surface area contributed by atoms with Gasteiger partial charge in [-0.3, -0.25) is 0 Å². The molecule has 1 aliphatic carbocycles. The van der Waals surface area contributed by atoms with E-state index in [4.69, 9.17) is 24.7 Å². The van der Waals surface area contributed by atoms with Crippen LogP contribution in [0.3, 0.4) is 0 Å². The van der Waals surface area contributed by atoms with Crippen LogP contribution in [0.5, 0.6) is 5.75 Å². The zero-order valence-corrected chi connectivity index (χ0v) is 32.0. The average molecular weight is 757 g/mol. The zero-order chi connectivity index (χ0) is 39.1. The number of pyridine rings is 1. The fourth-order valence-corrected chi connectivity index (χ4v) is 8.25. The lowest BCUT2D eigenvalue weighted by Crippen LogP contribution is -2.00. The van der Waals surface area contributed by atoms with Crippen LogP contribution in [0.15, 0.2) is 206 Å². The van der Waals surface area contributed by atoms with Crippen LogP contribution in [0.25, 0.3) is 89.7 Å². The molecule has 0 saturated heterocycles. The maximum absolute atomic E-state index is 6.62. The first kappa shape index (κ1) is 34.5. The van der Waals surface area contributed by atoms with Gasteiger partial charge in [0.25, 0.3) is 0 Å². The van der Waals surface area contributed by atoms with Gasteiger partial charge in [0.15, 0.2) is 23.2 Å². The van der Waals surface area contributed by atoms with E-state index in [-0.39, 0.29) is 5.92 Å². The van der Waals surface area contributed by atoms with Crippen molar-refractivity contribution in [3.8, 4) is 84.6 Å². The van der Waals surface area contributed by atoms with Crippen LogP contribution in [0, 0.1) is 0 Å². The summed E-state index contributed by atoms with van der Waals surface area (Å²) in [7, 11) is 0. The summed E-state index contributed by atoms with van der Waals surface area (Å²) < 4.78 is 6.62. The number of hydrogen-bond donors (Lipinski definition) is 0. The summed E-state index contributed by atoms with van der Waals surface area (Å²) in [4.78, 5) is 20.2. The fraction of sp³-hybridized carbons (Fsp3) is 0.0370. The average Bonchev–Trinajstić information content (AvgIpc) is 3.72. The molecule has 2 aliphatic rings. The van der Waals surface area contributed by atoms with Gasteiger partial charge in [-0.25, -0.2) is 19.9 Å². The van der Waals surface area contributed by atoms with E-state index < -0.39 is 0 Å². The van der Waals surface area contributed by atoms with Crippen LogP contribution < -0.4 is 4.74 Å². The molecular formula is C54H36N4O. The third-order valence-corrected chi connectivity index (χ3v) is 11.3. The molecule has 11 rings (SSSR count). The lowest BCUT2D eigenvalue weighted by molar-refractivity contribution is 0.425. The van der Waals surface area contributed by atoms with Crippen molar-refractivity contribution < 1.29 is 4.74 Å². The second-order valence-corrected chi connectivity index (χ2v) is 15.0. The lowest BCUT2D eigenvalue weighted by atomic mass is 9.88. The molecule has 2 aromatic heterocycles. The Bertz CT molecular complexity index is 3050. The number of benzene rings is 7. The summed E-state index contributed by atoms with van der Waals surface area (Å²) >= 11 is 0. The molecule has 278 valence electrons. The van der Waals surface area contributed by atoms with Crippen molar-refractivity contribution in [2.24, 2.45) is 0 Å². The summed E-state index contributed by atoms with van der Waals surface area (Å²) in [6, 6.07) is 63.1. The normalized spacial score (nSPS) is 14.0. The molecule has 0 saturated carbocycles. The maximum Gasteiger partial charge on any atom is 0.164 e. The molecule has 0 spiro atoms. The van der Waals surface area contributed by atoms with E-state index in [1.165, 1.54) is 16.7 Å². The Morgan fingerprint density at radius 2 is 0.831 bits per heavy atom. The van der Waals surface area contributed by atoms with E-state index in [1.54, 1.807) is 0 Å². The standard InChI is InChI=1S/C54H36N4O/c1-4-12-35(13-5-1)37-22-28-42(29-23-37)53-56-52(41-16-8-3-9-17-41)57-54(58-53)43-30-24-39(25-31-43)38-20-26-40(27-21-38)50-51-49(46-18-10-11-19-48(46)59-51)45-33-32-44(34-47(45)55-50)36-14-6-2-7-15-36/h1-17,19-34,46H,18H2. The van der Waals surface area contributed by atoms with Crippen molar-refractivity contribution in [2.45, 2.75) is 12.3 Å². The number of hydrogen-bond acceptors (Lipinski definition) is 5. The predicted octanol–water partition coefficient (Wildman–Crippen LogP) is 13.4. The second-order valence-electron chi connectivity index (χ2n) is 15.0. The number of nitrogens with zero attached hydrogens (tertiary/aromatic N) is 4. The number of aromatic nitrogens is 4. The van der Waals surface area contributed by atoms with Crippen molar-refractivity contribution in [1.29, 1.82) is 0 Å². The minimum atomic E-state index is 0.184. The Kier molecular flexibility index (Phi) is 8.55. The van der Waals surface area contributed by atoms with Gasteiger partial charge in [-0.05, 0) is 51.9 Å². The lowest BCUT2D eigenvalue weighted by Gasteiger charge is -2.14. The van der Waals surface area contributed by atoms with Crippen LogP contribution in [0.1, 0.15) is 17.9 Å². The predicted molar refractivity (Wildman–Crippen MR) is 238 cm³/mol. The third-order valence-electron chi connectivity index (χ3n) is 11.3. The summed E-state index contributed by atoms with van der Waals surface area (Å²) in [6.45, 7) is 0. The highest BCUT2D eigenvalue weighted by Crippen LogP contribution is 2.51. The summed E-state index contributed by atoms with van der Waals surface area (Å²) in [5.74, 6) is 3.93. The van der Waals surface area contributed by atoms with Gasteiger partial charge in [0.2, 0.25) is 0 Å². The highest BCUT2D eigenvalue weighted by Gasteiger charge is 2.35. The molecule has 0 bridgehead atoms. The Morgan fingerprint density at radius 3 is 1.37 bits per heavy atom. The molecular weight excluding hydrogens is 721 g/mol. The van der Waals surface area contributed by atoms with Gasteiger partial charge < -0.3 is 4.74 Å². The summed E-state index contributed by atoms with van der Waals surface area (Å²) in [5, 5.41) is 1.14. The van der Waals surface area contributed by atoms with E-state index in [0.717, 1.165) is 79.0 Å². The molecule has 0 fully saturated rings. The molecule has 3 heterocycles. The van der Waals surface area contributed by atoms with Crippen molar-refractivity contribution in [2.75, 3.05) is 0 Å². The minimum absolute atomic E-state index is 0.184. The van der Waals surface area contributed by atoms with Gasteiger partial charge in [-0.1, -0.05) is 188 Å². The molecule has 7 aromatic carbocycles. The molecule has 0 N–H and O–H groups in total. The smallest absolute Gasteiger partial charge is 0.164 e. The molecule has 59 heavy (non-hydrogen) atoms. The first-order chi connectivity index (χ1) is 29.2. The van der Waals surface area contributed by atoms with E-state index in [1.807, 2.05) is 42.5 Å². The number of allylic oxidation sites excluding steroid dienone is 4.